The standard InChI is InChI=1S/C21H21ClN2O5/c1-27-21(26)16-12-15(24-6-8-28-9-7-24)3-4-17(16)23-20(25)19-11-13-10-14(22)2-5-18(13)29-19/h2-5,10,12,19H,6-9,11H2,1H3,(H,23,25)/t19-/m0/s1. The number of nitrogens with one attached hydrogen (secondary N) is 1. The van der Waals surface area contributed by atoms with Gasteiger partial charge < -0.3 is 24.4 Å². The number of morpholine rings is 1. The van der Waals surface area contributed by atoms with Crippen molar-refractivity contribution in [2.75, 3.05) is 43.6 Å². The van der Waals surface area contributed by atoms with Gasteiger partial charge in [0.15, 0.2) is 6.10 Å². The fourth-order valence-corrected chi connectivity index (χ4v) is 3.71. The van der Waals surface area contributed by atoms with Crippen LogP contribution in [0.1, 0.15) is 15.9 Å². The third-order valence-electron chi connectivity index (χ3n) is 5.03. The van der Waals surface area contributed by atoms with Crippen LogP contribution in [-0.2, 0) is 20.7 Å². The van der Waals surface area contributed by atoms with Gasteiger partial charge >= 0.3 is 5.97 Å². The Hall–Kier alpha value is -2.77. The number of halogens is 1. The van der Waals surface area contributed by atoms with Crippen molar-refractivity contribution >= 4 is 34.9 Å². The summed E-state index contributed by atoms with van der Waals surface area (Å²) in [6.07, 6.45) is -0.269. The second-order valence-electron chi connectivity index (χ2n) is 6.87. The maximum atomic E-state index is 12.8. The van der Waals surface area contributed by atoms with Crippen molar-refractivity contribution in [1.82, 2.24) is 0 Å². The molecule has 1 saturated heterocycles. The molecular formula is C21H21ClN2O5. The van der Waals surface area contributed by atoms with E-state index < -0.39 is 12.1 Å². The van der Waals surface area contributed by atoms with Gasteiger partial charge in [-0.25, -0.2) is 4.79 Å². The first-order valence-electron chi connectivity index (χ1n) is 9.36. The molecule has 8 heteroatoms. The van der Waals surface area contributed by atoms with Crippen LogP contribution in [-0.4, -0.2) is 51.4 Å². The van der Waals surface area contributed by atoms with Gasteiger partial charge in [-0.15, -0.1) is 0 Å². The van der Waals surface area contributed by atoms with E-state index >= 15 is 0 Å². The molecule has 1 atom stereocenters. The Morgan fingerprint density at radius 1 is 1.17 bits per heavy atom. The number of hydrogen-bond acceptors (Lipinski definition) is 6. The number of hydrogen-bond donors (Lipinski definition) is 1. The Morgan fingerprint density at radius 2 is 1.97 bits per heavy atom. The molecule has 1 fully saturated rings. The Balaban J connectivity index is 1.53. The highest BCUT2D eigenvalue weighted by Gasteiger charge is 2.30. The topological polar surface area (TPSA) is 77.1 Å². The maximum Gasteiger partial charge on any atom is 0.340 e. The zero-order chi connectivity index (χ0) is 20.4. The first kappa shape index (κ1) is 19.5. The quantitative estimate of drug-likeness (QED) is 0.772. The number of carbonyl (C=O) groups excluding carboxylic acids is 2. The lowest BCUT2D eigenvalue weighted by Crippen LogP contribution is -2.36. The molecule has 1 N–H and O–H groups in total. The molecule has 7 nitrogen and oxygen atoms in total. The van der Waals surface area contributed by atoms with Gasteiger partial charge in [-0.1, -0.05) is 11.6 Å². The van der Waals surface area contributed by atoms with E-state index in [1.165, 1.54) is 7.11 Å². The van der Waals surface area contributed by atoms with E-state index in [0.29, 0.717) is 41.7 Å². The molecule has 0 radical (unpaired) electrons. The highest BCUT2D eigenvalue weighted by molar-refractivity contribution is 6.30. The molecule has 2 aliphatic rings. The predicted molar refractivity (Wildman–Crippen MR) is 109 cm³/mol. The normalized spacial score (nSPS) is 18.0. The molecule has 0 unspecified atom stereocenters. The van der Waals surface area contributed by atoms with E-state index in [-0.39, 0.29) is 5.91 Å². The van der Waals surface area contributed by atoms with Crippen LogP contribution in [0.25, 0.3) is 0 Å². The summed E-state index contributed by atoms with van der Waals surface area (Å²) in [6.45, 7) is 2.75. The van der Waals surface area contributed by atoms with Crippen molar-refractivity contribution in [2.24, 2.45) is 0 Å². The third kappa shape index (κ3) is 4.16. The van der Waals surface area contributed by atoms with E-state index in [9.17, 15) is 9.59 Å². The van der Waals surface area contributed by atoms with Gasteiger partial charge in [0.25, 0.3) is 5.91 Å². The number of anilines is 2. The predicted octanol–water partition coefficient (Wildman–Crippen LogP) is 2.91. The van der Waals surface area contributed by atoms with Crippen molar-refractivity contribution < 1.29 is 23.8 Å². The summed E-state index contributed by atoms with van der Waals surface area (Å²) in [5, 5.41) is 3.40. The zero-order valence-corrected chi connectivity index (χ0v) is 16.7. The second-order valence-corrected chi connectivity index (χ2v) is 7.31. The minimum Gasteiger partial charge on any atom is -0.480 e. The summed E-state index contributed by atoms with van der Waals surface area (Å²) in [4.78, 5) is 27.2. The van der Waals surface area contributed by atoms with Gasteiger partial charge in [0.05, 0.1) is 31.6 Å². The summed E-state index contributed by atoms with van der Waals surface area (Å²) < 4.78 is 16.0. The monoisotopic (exact) mass is 416 g/mol. The van der Waals surface area contributed by atoms with Crippen LogP contribution in [0.3, 0.4) is 0 Å². The Kier molecular flexibility index (Phi) is 5.60. The van der Waals surface area contributed by atoms with Crippen LogP contribution in [0, 0.1) is 0 Å². The van der Waals surface area contributed by atoms with Crippen molar-refractivity contribution in [3.63, 3.8) is 0 Å². The van der Waals surface area contributed by atoms with Gasteiger partial charge in [-0.3, -0.25) is 4.79 Å². The summed E-state index contributed by atoms with van der Waals surface area (Å²) in [5.74, 6) is -0.204. The van der Waals surface area contributed by atoms with Gasteiger partial charge in [-0.2, -0.15) is 0 Å². The lowest BCUT2D eigenvalue weighted by Gasteiger charge is -2.29. The van der Waals surface area contributed by atoms with Crippen LogP contribution < -0.4 is 15.0 Å². The van der Waals surface area contributed by atoms with Crippen molar-refractivity contribution in [3.8, 4) is 5.75 Å². The molecule has 29 heavy (non-hydrogen) atoms. The van der Waals surface area contributed by atoms with Gasteiger partial charge in [0, 0.05) is 30.2 Å². The summed E-state index contributed by atoms with van der Waals surface area (Å²) in [6, 6.07) is 10.6. The van der Waals surface area contributed by atoms with E-state index in [0.717, 1.165) is 24.3 Å². The lowest BCUT2D eigenvalue weighted by atomic mass is 10.1. The van der Waals surface area contributed by atoms with Gasteiger partial charge in [-0.05, 0) is 42.0 Å². The van der Waals surface area contributed by atoms with Crippen LogP contribution in [0.2, 0.25) is 5.02 Å². The molecule has 4 rings (SSSR count). The molecule has 0 bridgehead atoms. The molecule has 0 spiro atoms. The number of methoxy groups -OCH3 is 1. The van der Waals surface area contributed by atoms with Gasteiger partial charge in [0.2, 0.25) is 0 Å². The molecule has 0 saturated carbocycles. The Labute approximate surface area is 173 Å². The Morgan fingerprint density at radius 3 is 2.72 bits per heavy atom. The van der Waals surface area contributed by atoms with E-state index in [1.54, 1.807) is 30.3 Å². The highest BCUT2D eigenvalue weighted by Crippen LogP contribution is 2.32. The fourth-order valence-electron chi connectivity index (χ4n) is 3.51. The number of rotatable bonds is 4. The van der Waals surface area contributed by atoms with Crippen molar-refractivity contribution in [3.05, 3.63) is 52.5 Å². The van der Waals surface area contributed by atoms with E-state index in [2.05, 4.69) is 10.2 Å². The molecule has 152 valence electrons. The number of benzene rings is 2. The number of fused-ring (bicyclic) bond motifs is 1. The molecule has 2 aromatic rings. The average molecular weight is 417 g/mol. The number of amides is 1. The molecule has 0 aliphatic carbocycles. The van der Waals surface area contributed by atoms with E-state index in [1.807, 2.05) is 6.07 Å². The molecule has 0 aromatic heterocycles. The number of esters is 1. The first-order chi connectivity index (χ1) is 14.0. The molecule has 1 amide bonds. The highest BCUT2D eigenvalue weighted by atomic mass is 35.5. The number of ether oxygens (including phenoxy) is 3. The lowest BCUT2D eigenvalue weighted by molar-refractivity contribution is -0.122. The minimum atomic E-state index is -0.687. The van der Waals surface area contributed by atoms with Crippen LogP contribution in [0.4, 0.5) is 11.4 Å². The van der Waals surface area contributed by atoms with Gasteiger partial charge in [0.1, 0.15) is 5.75 Å². The van der Waals surface area contributed by atoms with Crippen molar-refractivity contribution in [2.45, 2.75) is 12.5 Å². The molecular weight excluding hydrogens is 396 g/mol. The largest absolute Gasteiger partial charge is 0.480 e. The zero-order valence-electron chi connectivity index (χ0n) is 15.9. The minimum absolute atomic E-state index is 0.295. The van der Waals surface area contributed by atoms with Crippen LogP contribution >= 0.6 is 11.6 Å². The molecule has 2 heterocycles. The smallest absolute Gasteiger partial charge is 0.340 e. The first-order valence-corrected chi connectivity index (χ1v) is 9.74. The maximum absolute atomic E-state index is 12.8. The molecule has 2 aliphatic heterocycles. The SMILES string of the molecule is COC(=O)c1cc(N2CCOCC2)ccc1NC(=O)[C@@H]1Cc2cc(Cl)ccc2O1. The molecule has 2 aromatic carbocycles. The van der Waals surface area contributed by atoms with Crippen LogP contribution in [0.5, 0.6) is 5.75 Å². The fraction of sp³-hybridized carbons (Fsp3) is 0.333. The average Bonchev–Trinajstić information content (AvgIpc) is 3.17. The Bertz CT molecular complexity index is 943. The van der Waals surface area contributed by atoms with Crippen molar-refractivity contribution in [1.29, 1.82) is 0 Å². The summed E-state index contributed by atoms with van der Waals surface area (Å²) >= 11 is 6.01. The van der Waals surface area contributed by atoms with E-state index in [4.69, 9.17) is 25.8 Å². The summed E-state index contributed by atoms with van der Waals surface area (Å²) in [5.41, 5.74) is 2.44. The third-order valence-corrected chi connectivity index (χ3v) is 5.27. The number of nitrogens with zero attached hydrogens (tertiary/aromatic N) is 1. The number of carbonyl (C=O) groups is 2. The summed E-state index contributed by atoms with van der Waals surface area (Å²) in [7, 11) is 1.32. The van der Waals surface area contributed by atoms with Crippen LogP contribution in [0.15, 0.2) is 36.4 Å². The second kappa shape index (κ2) is 8.31.